The SMILES string of the molecule is Cc1ccc(CSc2nnc(C3CCCCC3)n2-c2ccc(Cl)c(Cl)c2)cc1. The van der Waals surface area contributed by atoms with Crippen molar-refractivity contribution in [2.45, 2.75) is 55.9 Å². The summed E-state index contributed by atoms with van der Waals surface area (Å²) in [5.41, 5.74) is 3.53. The summed E-state index contributed by atoms with van der Waals surface area (Å²) in [6.45, 7) is 2.11. The fourth-order valence-corrected chi connectivity index (χ4v) is 4.91. The molecule has 0 aliphatic heterocycles. The van der Waals surface area contributed by atoms with Gasteiger partial charge in [-0.3, -0.25) is 4.57 Å². The molecule has 1 aliphatic rings. The molecule has 4 rings (SSSR count). The Morgan fingerprint density at radius 1 is 0.964 bits per heavy atom. The predicted octanol–water partition coefficient (Wildman–Crippen LogP) is 7.22. The molecule has 0 spiro atoms. The highest BCUT2D eigenvalue weighted by Gasteiger charge is 2.24. The zero-order valence-electron chi connectivity index (χ0n) is 15.9. The first kappa shape index (κ1) is 19.8. The lowest BCUT2D eigenvalue weighted by atomic mass is 9.88. The van der Waals surface area contributed by atoms with Crippen molar-refractivity contribution in [2.75, 3.05) is 0 Å². The van der Waals surface area contributed by atoms with Gasteiger partial charge in [0.05, 0.1) is 15.7 Å². The van der Waals surface area contributed by atoms with Crippen LogP contribution in [0.25, 0.3) is 5.69 Å². The first-order chi connectivity index (χ1) is 13.6. The van der Waals surface area contributed by atoms with Gasteiger partial charge in [-0.15, -0.1) is 10.2 Å². The Balaban J connectivity index is 1.67. The topological polar surface area (TPSA) is 30.7 Å². The van der Waals surface area contributed by atoms with E-state index in [2.05, 4.69) is 46.0 Å². The van der Waals surface area contributed by atoms with Crippen LogP contribution in [0.5, 0.6) is 0 Å². The summed E-state index contributed by atoms with van der Waals surface area (Å²) < 4.78 is 2.18. The van der Waals surface area contributed by atoms with Gasteiger partial charge in [-0.05, 0) is 43.5 Å². The predicted molar refractivity (Wildman–Crippen MR) is 118 cm³/mol. The second-order valence-electron chi connectivity index (χ2n) is 7.38. The van der Waals surface area contributed by atoms with Crippen LogP contribution in [0.3, 0.4) is 0 Å². The molecule has 1 heterocycles. The van der Waals surface area contributed by atoms with Crippen molar-refractivity contribution in [1.29, 1.82) is 0 Å². The molecule has 1 saturated carbocycles. The van der Waals surface area contributed by atoms with Crippen molar-refractivity contribution in [1.82, 2.24) is 14.8 Å². The van der Waals surface area contributed by atoms with Gasteiger partial charge in [0.25, 0.3) is 0 Å². The van der Waals surface area contributed by atoms with Gasteiger partial charge in [0.1, 0.15) is 5.82 Å². The number of aromatic nitrogens is 3. The first-order valence-electron chi connectivity index (χ1n) is 9.71. The third kappa shape index (κ3) is 4.40. The first-order valence-corrected chi connectivity index (χ1v) is 11.4. The molecule has 3 nitrogen and oxygen atoms in total. The Morgan fingerprint density at radius 2 is 1.71 bits per heavy atom. The molecule has 2 aromatic carbocycles. The quantitative estimate of drug-likeness (QED) is 0.399. The highest BCUT2D eigenvalue weighted by Crippen LogP contribution is 2.36. The van der Waals surface area contributed by atoms with Gasteiger partial charge >= 0.3 is 0 Å². The molecule has 0 N–H and O–H groups in total. The Kier molecular flexibility index (Phi) is 6.29. The lowest BCUT2D eigenvalue weighted by Crippen LogP contribution is -2.12. The minimum Gasteiger partial charge on any atom is -0.274 e. The lowest BCUT2D eigenvalue weighted by molar-refractivity contribution is 0.423. The average molecular weight is 432 g/mol. The lowest BCUT2D eigenvalue weighted by Gasteiger charge is -2.22. The fraction of sp³-hybridized carbons (Fsp3) is 0.364. The zero-order valence-corrected chi connectivity index (χ0v) is 18.2. The van der Waals surface area contributed by atoms with Crippen molar-refractivity contribution < 1.29 is 0 Å². The van der Waals surface area contributed by atoms with Gasteiger partial charge < -0.3 is 0 Å². The van der Waals surface area contributed by atoms with Crippen LogP contribution in [0.15, 0.2) is 47.6 Å². The second-order valence-corrected chi connectivity index (χ2v) is 9.14. The van der Waals surface area contributed by atoms with Crippen molar-refractivity contribution >= 4 is 35.0 Å². The van der Waals surface area contributed by atoms with Gasteiger partial charge in [-0.25, -0.2) is 0 Å². The number of thioether (sulfide) groups is 1. The molecule has 1 aliphatic carbocycles. The van der Waals surface area contributed by atoms with Crippen LogP contribution in [0.1, 0.15) is 55.0 Å². The molecule has 0 bridgehead atoms. The van der Waals surface area contributed by atoms with E-state index in [1.54, 1.807) is 11.8 Å². The molecule has 146 valence electrons. The van der Waals surface area contributed by atoms with Gasteiger partial charge in [0.15, 0.2) is 5.16 Å². The second kappa shape index (κ2) is 8.89. The molecule has 3 aromatic rings. The van der Waals surface area contributed by atoms with E-state index in [4.69, 9.17) is 23.2 Å². The van der Waals surface area contributed by atoms with Crippen LogP contribution < -0.4 is 0 Å². The van der Waals surface area contributed by atoms with Crippen molar-refractivity contribution in [3.8, 4) is 5.69 Å². The molecule has 6 heteroatoms. The summed E-state index contributed by atoms with van der Waals surface area (Å²) in [7, 11) is 0. The van der Waals surface area contributed by atoms with E-state index in [1.165, 1.54) is 43.2 Å². The van der Waals surface area contributed by atoms with E-state index < -0.39 is 0 Å². The van der Waals surface area contributed by atoms with Crippen LogP contribution in [0.4, 0.5) is 0 Å². The molecule has 1 aromatic heterocycles. The Hall–Kier alpha value is -1.49. The van der Waals surface area contributed by atoms with Crippen LogP contribution >= 0.6 is 35.0 Å². The van der Waals surface area contributed by atoms with Crippen LogP contribution in [-0.4, -0.2) is 14.8 Å². The molecule has 0 atom stereocenters. The number of aryl methyl sites for hydroxylation is 1. The monoisotopic (exact) mass is 431 g/mol. The summed E-state index contributed by atoms with van der Waals surface area (Å²) >= 11 is 14.2. The highest BCUT2D eigenvalue weighted by atomic mass is 35.5. The zero-order chi connectivity index (χ0) is 19.5. The van der Waals surface area contributed by atoms with Crippen LogP contribution in [0, 0.1) is 6.92 Å². The number of hydrogen-bond donors (Lipinski definition) is 0. The maximum Gasteiger partial charge on any atom is 0.196 e. The van der Waals surface area contributed by atoms with Crippen molar-refractivity contribution in [2.24, 2.45) is 0 Å². The van der Waals surface area contributed by atoms with Gasteiger partial charge in [0, 0.05) is 11.7 Å². The highest BCUT2D eigenvalue weighted by molar-refractivity contribution is 7.98. The summed E-state index contributed by atoms with van der Waals surface area (Å²) in [5.74, 6) is 2.35. The molecular formula is C22H23Cl2N3S. The van der Waals surface area contributed by atoms with Crippen molar-refractivity contribution in [3.63, 3.8) is 0 Å². The number of hydrogen-bond acceptors (Lipinski definition) is 3. The van der Waals surface area contributed by atoms with Crippen molar-refractivity contribution in [3.05, 3.63) is 69.5 Å². The largest absolute Gasteiger partial charge is 0.274 e. The van der Waals surface area contributed by atoms with Crippen LogP contribution in [0.2, 0.25) is 10.0 Å². The molecule has 0 radical (unpaired) electrons. The molecule has 0 unspecified atom stereocenters. The van der Waals surface area contributed by atoms with Gasteiger partial charge in [-0.1, -0.05) is 84.1 Å². The van der Waals surface area contributed by atoms with E-state index in [1.807, 2.05) is 18.2 Å². The van der Waals surface area contributed by atoms with E-state index in [0.717, 1.165) is 22.4 Å². The Bertz CT molecular complexity index is 947. The molecular weight excluding hydrogens is 409 g/mol. The third-order valence-corrected chi connectivity index (χ3v) is 7.02. The molecule has 28 heavy (non-hydrogen) atoms. The number of nitrogens with zero attached hydrogens (tertiary/aromatic N) is 3. The van der Waals surface area contributed by atoms with Crippen LogP contribution in [-0.2, 0) is 5.75 Å². The minimum atomic E-state index is 0.449. The van der Waals surface area contributed by atoms with E-state index in [-0.39, 0.29) is 0 Å². The summed E-state index contributed by atoms with van der Waals surface area (Å²) in [6.07, 6.45) is 6.16. The smallest absolute Gasteiger partial charge is 0.196 e. The third-order valence-electron chi connectivity index (χ3n) is 5.28. The van der Waals surface area contributed by atoms with Gasteiger partial charge in [0.2, 0.25) is 0 Å². The summed E-state index contributed by atoms with van der Waals surface area (Å²) in [5, 5.41) is 11.2. The number of halogens is 2. The fourth-order valence-electron chi connectivity index (χ4n) is 3.70. The maximum absolute atomic E-state index is 6.32. The molecule has 0 amide bonds. The average Bonchev–Trinajstić information content (AvgIpc) is 3.14. The number of rotatable bonds is 5. The summed E-state index contributed by atoms with van der Waals surface area (Å²) in [6, 6.07) is 14.4. The summed E-state index contributed by atoms with van der Waals surface area (Å²) in [4.78, 5) is 0. The Morgan fingerprint density at radius 3 is 2.43 bits per heavy atom. The number of benzene rings is 2. The van der Waals surface area contributed by atoms with Gasteiger partial charge in [-0.2, -0.15) is 0 Å². The van der Waals surface area contributed by atoms with E-state index in [9.17, 15) is 0 Å². The Labute approximate surface area is 180 Å². The maximum atomic E-state index is 6.32. The minimum absolute atomic E-state index is 0.449. The van der Waals surface area contributed by atoms with E-state index >= 15 is 0 Å². The van der Waals surface area contributed by atoms with E-state index in [0.29, 0.717) is 16.0 Å². The molecule has 0 saturated heterocycles. The standard InChI is InChI=1S/C22H23Cl2N3S/c1-15-7-9-16(10-8-15)14-28-22-26-25-21(17-5-3-2-4-6-17)27(22)18-11-12-19(23)20(24)13-18/h7-13,17H,2-6,14H2,1H3. The normalized spacial score (nSPS) is 15.1. The molecule has 1 fully saturated rings.